The Labute approximate surface area is 91.5 Å². The van der Waals surface area contributed by atoms with Gasteiger partial charge in [-0.1, -0.05) is 45.6 Å². The number of carbonyl (C=O) groups excluding carboxylic acids is 2. The van der Waals surface area contributed by atoms with E-state index in [9.17, 15) is 9.59 Å². The molecule has 0 aromatic heterocycles. The van der Waals surface area contributed by atoms with Crippen molar-refractivity contribution >= 4 is 12.3 Å². The van der Waals surface area contributed by atoms with E-state index in [0.29, 0.717) is 12.9 Å². The molecule has 0 rings (SSSR count). The van der Waals surface area contributed by atoms with E-state index in [1.807, 2.05) is 0 Å². The minimum atomic E-state index is -0.599. The maximum absolute atomic E-state index is 11.0. The molecule has 0 saturated heterocycles. The van der Waals surface area contributed by atoms with Crippen LogP contribution in [0.5, 0.6) is 0 Å². The summed E-state index contributed by atoms with van der Waals surface area (Å²) in [6.45, 7) is 5.83. The first-order valence-electron chi connectivity index (χ1n) is 5.53. The minimum Gasteiger partial charge on any atom is -0.462 e. The van der Waals surface area contributed by atoms with Gasteiger partial charge in [0.2, 0.25) is 0 Å². The Morgan fingerprint density at radius 1 is 1.20 bits per heavy atom. The molecule has 0 bridgehead atoms. The summed E-state index contributed by atoms with van der Waals surface area (Å²) >= 11 is 0. The average Bonchev–Trinajstić information content (AvgIpc) is 2.26. The molecule has 0 aromatic carbocycles. The highest BCUT2D eigenvalue weighted by Crippen LogP contribution is 2.05. The van der Waals surface area contributed by atoms with E-state index in [2.05, 4.69) is 13.5 Å². The summed E-state index contributed by atoms with van der Waals surface area (Å²) in [5.41, 5.74) is -0.110. The highest BCUT2D eigenvalue weighted by Gasteiger charge is 2.05. The van der Waals surface area contributed by atoms with Gasteiger partial charge in [0.25, 0.3) is 0 Å². The average molecular weight is 212 g/mol. The second-order valence-corrected chi connectivity index (χ2v) is 3.55. The fraction of sp³-hybridized carbons (Fsp3) is 0.667. The number of ether oxygens (including phenoxy) is 1. The van der Waals surface area contributed by atoms with Gasteiger partial charge in [0.1, 0.15) is 0 Å². The number of rotatable bonds is 9. The molecule has 0 spiro atoms. The number of aldehydes is 1. The molecule has 0 unspecified atom stereocenters. The van der Waals surface area contributed by atoms with Crippen molar-refractivity contribution in [3.8, 4) is 0 Å². The highest BCUT2D eigenvalue weighted by atomic mass is 16.5. The first-order chi connectivity index (χ1) is 7.22. The molecule has 15 heavy (non-hydrogen) atoms. The third-order valence-electron chi connectivity index (χ3n) is 2.14. The van der Waals surface area contributed by atoms with Crippen LogP contribution in [0.2, 0.25) is 0 Å². The van der Waals surface area contributed by atoms with Gasteiger partial charge in [0.05, 0.1) is 12.2 Å². The first kappa shape index (κ1) is 13.9. The SMILES string of the molecule is C=C(C=O)C(=O)OCCCCCCCC. The molecule has 0 fully saturated rings. The smallest absolute Gasteiger partial charge is 0.340 e. The van der Waals surface area contributed by atoms with E-state index in [0.717, 1.165) is 12.8 Å². The first-order valence-corrected chi connectivity index (χ1v) is 5.53. The number of esters is 1. The molecular weight excluding hydrogens is 192 g/mol. The van der Waals surface area contributed by atoms with Crippen LogP contribution in [0, 0.1) is 0 Å². The molecule has 0 aliphatic rings. The fourth-order valence-corrected chi connectivity index (χ4v) is 1.19. The summed E-state index contributed by atoms with van der Waals surface area (Å²) in [7, 11) is 0. The molecule has 0 saturated carbocycles. The van der Waals surface area contributed by atoms with Gasteiger partial charge in [-0.2, -0.15) is 0 Å². The zero-order valence-corrected chi connectivity index (χ0v) is 9.46. The molecule has 0 aliphatic heterocycles. The van der Waals surface area contributed by atoms with Crippen LogP contribution in [-0.2, 0) is 14.3 Å². The Morgan fingerprint density at radius 2 is 1.80 bits per heavy atom. The Bertz CT molecular complexity index is 209. The second-order valence-electron chi connectivity index (χ2n) is 3.55. The van der Waals surface area contributed by atoms with Crippen molar-refractivity contribution in [2.24, 2.45) is 0 Å². The zero-order chi connectivity index (χ0) is 11.5. The fourth-order valence-electron chi connectivity index (χ4n) is 1.19. The lowest BCUT2D eigenvalue weighted by atomic mass is 10.1. The lowest BCUT2D eigenvalue weighted by Crippen LogP contribution is -2.08. The summed E-state index contributed by atoms with van der Waals surface area (Å²) in [6.07, 6.45) is 7.27. The molecule has 0 radical (unpaired) electrons. The molecule has 0 amide bonds. The van der Waals surface area contributed by atoms with Crippen LogP contribution in [0.25, 0.3) is 0 Å². The topological polar surface area (TPSA) is 43.4 Å². The molecule has 0 aromatic rings. The van der Waals surface area contributed by atoms with Crippen molar-refractivity contribution in [1.29, 1.82) is 0 Å². The molecule has 0 heterocycles. The van der Waals surface area contributed by atoms with E-state index >= 15 is 0 Å². The largest absolute Gasteiger partial charge is 0.462 e. The van der Waals surface area contributed by atoms with Crippen LogP contribution in [-0.4, -0.2) is 18.9 Å². The van der Waals surface area contributed by atoms with Gasteiger partial charge < -0.3 is 4.74 Å². The Kier molecular flexibility index (Phi) is 8.73. The summed E-state index contributed by atoms with van der Waals surface area (Å²) < 4.78 is 4.83. The molecular formula is C12H20O3. The van der Waals surface area contributed by atoms with E-state index in [-0.39, 0.29) is 5.57 Å². The van der Waals surface area contributed by atoms with Gasteiger partial charge in [-0.15, -0.1) is 0 Å². The monoisotopic (exact) mass is 212 g/mol. The lowest BCUT2D eigenvalue weighted by molar-refractivity contribution is -0.139. The van der Waals surface area contributed by atoms with Crippen LogP contribution in [0.15, 0.2) is 12.2 Å². The van der Waals surface area contributed by atoms with E-state index in [4.69, 9.17) is 4.74 Å². The Balaban J connectivity index is 3.27. The summed E-state index contributed by atoms with van der Waals surface area (Å²) in [4.78, 5) is 21.1. The van der Waals surface area contributed by atoms with Crippen LogP contribution >= 0.6 is 0 Å². The van der Waals surface area contributed by atoms with Gasteiger partial charge in [-0.05, 0) is 6.42 Å². The van der Waals surface area contributed by atoms with Gasteiger partial charge >= 0.3 is 5.97 Å². The Hall–Kier alpha value is -1.12. The normalized spacial score (nSPS) is 9.67. The summed E-state index contributed by atoms with van der Waals surface area (Å²) in [6, 6.07) is 0. The Morgan fingerprint density at radius 3 is 2.40 bits per heavy atom. The quantitative estimate of drug-likeness (QED) is 0.147. The third kappa shape index (κ3) is 7.91. The molecule has 0 atom stereocenters. The summed E-state index contributed by atoms with van der Waals surface area (Å²) in [5.74, 6) is -0.599. The predicted molar refractivity (Wildman–Crippen MR) is 59.5 cm³/mol. The van der Waals surface area contributed by atoms with Crippen molar-refractivity contribution in [1.82, 2.24) is 0 Å². The van der Waals surface area contributed by atoms with Gasteiger partial charge in [-0.25, -0.2) is 4.79 Å². The van der Waals surface area contributed by atoms with Crippen LogP contribution in [0.4, 0.5) is 0 Å². The maximum Gasteiger partial charge on any atom is 0.340 e. The van der Waals surface area contributed by atoms with E-state index < -0.39 is 5.97 Å². The molecule has 0 N–H and O–H groups in total. The van der Waals surface area contributed by atoms with Crippen LogP contribution in [0.3, 0.4) is 0 Å². The third-order valence-corrected chi connectivity index (χ3v) is 2.14. The van der Waals surface area contributed by atoms with Crippen LogP contribution < -0.4 is 0 Å². The zero-order valence-electron chi connectivity index (χ0n) is 9.46. The van der Waals surface area contributed by atoms with Crippen molar-refractivity contribution in [3.63, 3.8) is 0 Å². The van der Waals surface area contributed by atoms with Crippen LogP contribution in [0.1, 0.15) is 45.4 Å². The minimum absolute atomic E-state index is 0.110. The second kappa shape index (κ2) is 9.44. The molecule has 0 aliphatic carbocycles. The van der Waals surface area contributed by atoms with Crippen molar-refractivity contribution in [2.75, 3.05) is 6.61 Å². The van der Waals surface area contributed by atoms with E-state index in [1.165, 1.54) is 25.7 Å². The molecule has 3 heteroatoms. The number of carbonyl (C=O) groups is 2. The maximum atomic E-state index is 11.0. The van der Waals surface area contributed by atoms with Crippen molar-refractivity contribution < 1.29 is 14.3 Å². The number of unbranched alkanes of at least 4 members (excludes halogenated alkanes) is 5. The van der Waals surface area contributed by atoms with Crippen molar-refractivity contribution in [3.05, 3.63) is 12.2 Å². The molecule has 3 nitrogen and oxygen atoms in total. The van der Waals surface area contributed by atoms with Crippen molar-refractivity contribution in [2.45, 2.75) is 45.4 Å². The number of hydrogen-bond donors (Lipinski definition) is 0. The standard InChI is InChI=1S/C12H20O3/c1-3-4-5-6-7-8-9-15-12(14)11(2)10-13/h10H,2-9H2,1H3. The predicted octanol–water partition coefficient (Wildman–Crippen LogP) is 2.65. The lowest BCUT2D eigenvalue weighted by Gasteiger charge is -2.03. The van der Waals surface area contributed by atoms with Gasteiger partial charge in [0, 0.05) is 0 Å². The number of hydrogen-bond acceptors (Lipinski definition) is 3. The summed E-state index contributed by atoms with van der Waals surface area (Å²) in [5, 5.41) is 0. The van der Waals surface area contributed by atoms with Gasteiger partial charge in [0.15, 0.2) is 6.29 Å². The molecule has 86 valence electrons. The van der Waals surface area contributed by atoms with Gasteiger partial charge in [-0.3, -0.25) is 4.79 Å². The highest BCUT2D eigenvalue weighted by molar-refractivity contribution is 6.06. The van der Waals surface area contributed by atoms with E-state index in [1.54, 1.807) is 0 Å².